The van der Waals surface area contributed by atoms with Crippen molar-refractivity contribution in [3.05, 3.63) is 18.7 Å². The lowest BCUT2D eigenvalue weighted by atomic mass is 10.1. The molecule has 1 heterocycles. The molecule has 1 unspecified atom stereocenters. The summed E-state index contributed by atoms with van der Waals surface area (Å²) >= 11 is 0. The van der Waals surface area contributed by atoms with E-state index in [1.165, 1.54) is 0 Å². The SMILES string of the molecule is CC(CN)CCC(=O)NCCCCn1ccnc1. The minimum Gasteiger partial charge on any atom is -0.356 e. The van der Waals surface area contributed by atoms with Gasteiger partial charge in [0.1, 0.15) is 0 Å². The number of rotatable bonds is 9. The van der Waals surface area contributed by atoms with E-state index >= 15 is 0 Å². The number of hydrogen-bond donors (Lipinski definition) is 2. The van der Waals surface area contributed by atoms with Gasteiger partial charge in [-0.3, -0.25) is 4.79 Å². The topological polar surface area (TPSA) is 72.9 Å². The van der Waals surface area contributed by atoms with E-state index in [0.29, 0.717) is 18.9 Å². The van der Waals surface area contributed by atoms with E-state index in [4.69, 9.17) is 5.73 Å². The molecule has 0 fully saturated rings. The Labute approximate surface area is 109 Å². The number of aromatic nitrogens is 2. The van der Waals surface area contributed by atoms with Gasteiger partial charge < -0.3 is 15.6 Å². The number of unbranched alkanes of at least 4 members (excludes halogenated alkanes) is 1. The van der Waals surface area contributed by atoms with Crippen molar-refractivity contribution in [1.29, 1.82) is 0 Å². The zero-order valence-electron chi connectivity index (χ0n) is 11.1. The molecule has 0 saturated heterocycles. The molecule has 5 nitrogen and oxygen atoms in total. The van der Waals surface area contributed by atoms with Crippen molar-refractivity contribution in [3.63, 3.8) is 0 Å². The second kappa shape index (κ2) is 8.69. The van der Waals surface area contributed by atoms with Crippen LogP contribution in [0.3, 0.4) is 0 Å². The van der Waals surface area contributed by atoms with Gasteiger partial charge in [0.05, 0.1) is 6.33 Å². The Kier molecular flexibility index (Phi) is 7.10. The van der Waals surface area contributed by atoms with Crippen molar-refractivity contribution >= 4 is 5.91 Å². The molecule has 3 N–H and O–H groups in total. The molecule has 102 valence electrons. The highest BCUT2D eigenvalue weighted by Gasteiger charge is 2.04. The van der Waals surface area contributed by atoms with Gasteiger partial charge in [-0.1, -0.05) is 6.92 Å². The molecular weight excluding hydrogens is 228 g/mol. The van der Waals surface area contributed by atoms with Crippen LogP contribution < -0.4 is 11.1 Å². The number of nitrogens with two attached hydrogens (primary N) is 1. The lowest BCUT2D eigenvalue weighted by Crippen LogP contribution is -2.25. The molecule has 1 atom stereocenters. The zero-order chi connectivity index (χ0) is 13.2. The van der Waals surface area contributed by atoms with Gasteiger partial charge in [-0.2, -0.15) is 0 Å². The lowest BCUT2D eigenvalue weighted by molar-refractivity contribution is -0.121. The molecule has 0 bridgehead atoms. The summed E-state index contributed by atoms with van der Waals surface area (Å²) in [5.41, 5.74) is 5.51. The lowest BCUT2D eigenvalue weighted by Gasteiger charge is -2.08. The predicted molar refractivity (Wildman–Crippen MR) is 71.9 cm³/mol. The molecule has 0 aromatic carbocycles. The average molecular weight is 252 g/mol. The standard InChI is InChI=1S/C13H24N4O/c1-12(10-14)4-5-13(18)16-6-2-3-8-17-9-7-15-11-17/h7,9,11-12H,2-6,8,10,14H2,1H3,(H,16,18). The van der Waals surface area contributed by atoms with E-state index in [1.807, 2.05) is 17.1 Å². The number of imidazole rings is 1. The maximum atomic E-state index is 11.5. The van der Waals surface area contributed by atoms with Crippen LogP contribution in [0.2, 0.25) is 0 Å². The van der Waals surface area contributed by atoms with Crippen molar-refractivity contribution in [2.75, 3.05) is 13.1 Å². The average Bonchev–Trinajstić information content (AvgIpc) is 2.88. The normalized spacial score (nSPS) is 12.3. The molecule has 1 aromatic rings. The van der Waals surface area contributed by atoms with Gasteiger partial charge in [0, 0.05) is 31.9 Å². The molecule has 0 aliphatic rings. The molecule has 1 rings (SSSR count). The first-order chi connectivity index (χ1) is 8.72. The van der Waals surface area contributed by atoms with Crippen LogP contribution in [0.4, 0.5) is 0 Å². The molecule has 0 radical (unpaired) electrons. The summed E-state index contributed by atoms with van der Waals surface area (Å²) in [6, 6.07) is 0. The molecule has 0 aliphatic carbocycles. The minimum atomic E-state index is 0.137. The fourth-order valence-corrected chi connectivity index (χ4v) is 1.65. The van der Waals surface area contributed by atoms with Crippen LogP contribution >= 0.6 is 0 Å². The number of amides is 1. The van der Waals surface area contributed by atoms with Crippen LogP contribution in [0.5, 0.6) is 0 Å². The molecule has 18 heavy (non-hydrogen) atoms. The van der Waals surface area contributed by atoms with Crippen molar-refractivity contribution in [2.24, 2.45) is 11.7 Å². The van der Waals surface area contributed by atoms with Crippen molar-refractivity contribution < 1.29 is 4.79 Å². The molecular formula is C13H24N4O. The summed E-state index contributed by atoms with van der Waals surface area (Å²) in [5, 5.41) is 2.94. The molecule has 0 saturated carbocycles. The van der Waals surface area contributed by atoms with E-state index < -0.39 is 0 Å². The number of hydrogen-bond acceptors (Lipinski definition) is 3. The van der Waals surface area contributed by atoms with Gasteiger partial charge in [-0.05, 0) is 31.7 Å². The highest BCUT2D eigenvalue weighted by molar-refractivity contribution is 5.75. The van der Waals surface area contributed by atoms with Crippen LogP contribution in [0.1, 0.15) is 32.6 Å². The van der Waals surface area contributed by atoms with Crippen LogP contribution in [-0.2, 0) is 11.3 Å². The van der Waals surface area contributed by atoms with E-state index in [1.54, 1.807) is 6.20 Å². The molecule has 5 heteroatoms. The first-order valence-corrected chi connectivity index (χ1v) is 6.65. The van der Waals surface area contributed by atoms with Gasteiger partial charge in [-0.25, -0.2) is 4.98 Å². The Balaban J connectivity index is 1.95. The Morgan fingerprint density at radius 3 is 3.00 bits per heavy atom. The summed E-state index contributed by atoms with van der Waals surface area (Å²) in [6.07, 6.45) is 9.05. The fraction of sp³-hybridized carbons (Fsp3) is 0.692. The molecule has 1 amide bonds. The maximum Gasteiger partial charge on any atom is 0.220 e. The first kappa shape index (κ1) is 14.7. The molecule has 0 spiro atoms. The third kappa shape index (κ3) is 6.39. The van der Waals surface area contributed by atoms with Crippen LogP contribution in [0.25, 0.3) is 0 Å². The van der Waals surface area contributed by atoms with Crippen molar-refractivity contribution in [3.8, 4) is 0 Å². The summed E-state index contributed by atoms with van der Waals surface area (Å²) in [6.45, 7) is 4.43. The van der Waals surface area contributed by atoms with E-state index in [0.717, 1.165) is 32.4 Å². The highest BCUT2D eigenvalue weighted by Crippen LogP contribution is 2.02. The fourth-order valence-electron chi connectivity index (χ4n) is 1.65. The first-order valence-electron chi connectivity index (χ1n) is 6.65. The number of nitrogens with zero attached hydrogens (tertiary/aromatic N) is 2. The van der Waals surface area contributed by atoms with E-state index in [-0.39, 0.29) is 5.91 Å². The highest BCUT2D eigenvalue weighted by atomic mass is 16.1. The Morgan fingerprint density at radius 1 is 1.50 bits per heavy atom. The third-order valence-corrected chi connectivity index (χ3v) is 2.99. The van der Waals surface area contributed by atoms with Gasteiger partial charge in [0.25, 0.3) is 0 Å². The Bertz CT molecular complexity index is 324. The smallest absolute Gasteiger partial charge is 0.220 e. The second-order valence-electron chi connectivity index (χ2n) is 4.74. The Hall–Kier alpha value is -1.36. The number of nitrogens with one attached hydrogen (secondary N) is 1. The quantitative estimate of drug-likeness (QED) is 0.648. The van der Waals surface area contributed by atoms with E-state index in [9.17, 15) is 4.79 Å². The summed E-state index contributed by atoms with van der Waals surface area (Å²) in [4.78, 5) is 15.5. The number of aryl methyl sites for hydroxylation is 1. The van der Waals surface area contributed by atoms with Gasteiger partial charge in [0.2, 0.25) is 5.91 Å². The van der Waals surface area contributed by atoms with Gasteiger partial charge >= 0.3 is 0 Å². The number of carbonyl (C=O) groups is 1. The van der Waals surface area contributed by atoms with Crippen LogP contribution in [0.15, 0.2) is 18.7 Å². The third-order valence-electron chi connectivity index (χ3n) is 2.99. The predicted octanol–water partition coefficient (Wildman–Crippen LogP) is 1.15. The van der Waals surface area contributed by atoms with Crippen molar-refractivity contribution in [1.82, 2.24) is 14.9 Å². The summed E-state index contributed by atoms with van der Waals surface area (Å²) in [7, 11) is 0. The zero-order valence-corrected chi connectivity index (χ0v) is 11.1. The molecule has 0 aliphatic heterocycles. The van der Waals surface area contributed by atoms with Gasteiger partial charge in [-0.15, -0.1) is 0 Å². The van der Waals surface area contributed by atoms with Gasteiger partial charge in [0.15, 0.2) is 0 Å². The minimum absolute atomic E-state index is 0.137. The Morgan fingerprint density at radius 2 is 2.33 bits per heavy atom. The van der Waals surface area contributed by atoms with Crippen LogP contribution in [0, 0.1) is 5.92 Å². The van der Waals surface area contributed by atoms with E-state index in [2.05, 4.69) is 17.2 Å². The van der Waals surface area contributed by atoms with Crippen LogP contribution in [-0.4, -0.2) is 28.5 Å². The monoisotopic (exact) mass is 252 g/mol. The summed E-state index contributed by atoms with van der Waals surface area (Å²) in [5.74, 6) is 0.565. The largest absolute Gasteiger partial charge is 0.356 e. The van der Waals surface area contributed by atoms with Crippen molar-refractivity contribution in [2.45, 2.75) is 39.2 Å². The molecule has 1 aromatic heterocycles. The maximum absolute atomic E-state index is 11.5. The second-order valence-corrected chi connectivity index (χ2v) is 4.74. The summed E-state index contributed by atoms with van der Waals surface area (Å²) < 4.78 is 2.05. The number of carbonyl (C=O) groups excluding carboxylic acids is 1.